The molecule has 0 bridgehead atoms. The van der Waals surface area contributed by atoms with Gasteiger partial charge >= 0.3 is 0 Å². The Hall–Kier alpha value is -2.36. The van der Waals surface area contributed by atoms with Crippen LogP contribution in [0.1, 0.15) is 5.56 Å². The number of halogens is 1. The molecule has 3 nitrogen and oxygen atoms in total. The smallest absolute Gasteiger partial charge is 0.231 e. The lowest BCUT2D eigenvalue weighted by atomic mass is 10.2. The van der Waals surface area contributed by atoms with E-state index in [1.54, 1.807) is 18.3 Å². The fourth-order valence-corrected chi connectivity index (χ4v) is 1.70. The number of nitrogens with zero attached hydrogens (tertiary/aromatic N) is 1. The number of hydrogen-bond donors (Lipinski definition) is 0. The first-order chi connectivity index (χ1) is 8.81. The maximum Gasteiger partial charge on any atom is 0.231 e. The molecule has 1 aliphatic heterocycles. The molecule has 2 aromatic rings. The number of ether oxygens (including phenoxy) is 2. The van der Waals surface area contributed by atoms with Gasteiger partial charge in [-0.05, 0) is 42.0 Å². The molecule has 0 spiro atoms. The van der Waals surface area contributed by atoms with Crippen LogP contribution in [0.2, 0.25) is 0 Å². The van der Waals surface area contributed by atoms with Gasteiger partial charge in [0.1, 0.15) is 5.82 Å². The Morgan fingerprint density at radius 1 is 1.06 bits per heavy atom. The molecule has 18 heavy (non-hydrogen) atoms. The van der Waals surface area contributed by atoms with Crippen molar-refractivity contribution in [2.45, 2.75) is 0 Å². The Labute approximate surface area is 104 Å². The number of aliphatic imine (C=N–C) groups is 1. The van der Waals surface area contributed by atoms with E-state index < -0.39 is 0 Å². The average Bonchev–Trinajstić information content (AvgIpc) is 2.84. The summed E-state index contributed by atoms with van der Waals surface area (Å²) in [5.41, 5.74) is 1.45. The normalized spacial score (nSPS) is 13.2. The molecule has 0 amide bonds. The summed E-state index contributed by atoms with van der Waals surface area (Å²) in [6, 6.07) is 11.7. The molecule has 1 heterocycles. The highest BCUT2D eigenvalue weighted by Gasteiger charge is 2.12. The molecular weight excluding hydrogens is 233 g/mol. The first kappa shape index (κ1) is 10.8. The zero-order chi connectivity index (χ0) is 12.4. The monoisotopic (exact) mass is 243 g/mol. The van der Waals surface area contributed by atoms with Crippen molar-refractivity contribution in [1.29, 1.82) is 0 Å². The molecule has 0 saturated heterocycles. The zero-order valence-corrected chi connectivity index (χ0v) is 9.47. The van der Waals surface area contributed by atoms with Crippen LogP contribution in [0.5, 0.6) is 11.5 Å². The van der Waals surface area contributed by atoms with E-state index in [0.717, 1.165) is 11.3 Å². The van der Waals surface area contributed by atoms with Gasteiger partial charge in [0.05, 0.1) is 5.69 Å². The van der Waals surface area contributed by atoms with Gasteiger partial charge in [-0.15, -0.1) is 0 Å². The van der Waals surface area contributed by atoms with Crippen LogP contribution in [0.3, 0.4) is 0 Å². The zero-order valence-electron chi connectivity index (χ0n) is 9.47. The van der Waals surface area contributed by atoms with E-state index in [1.165, 1.54) is 12.1 Å². The molecule has 0 radical (unpaired) electrons. The molecule has 0 fully saturated rings. The molecule has 0 saturated carbocycles. The summed E-state index contributed by atoms with van der Waals surface area (Å²) >= 11 is 0. The topological polar surface area (TPSA) is 30.8 Å². The highest BCUT2D eigenvalue weighted by molar-refractivity contribution is 5.83. The van der Waals surface area contributed by atoms with Crippen LogP contribution in [0, 0.1) is 5.82 Å². The summed E-state index contributed by atoms with van der Waals surface area (Å²) in [7, 11) is 0. The van der Waals surface area contributed by atoms with Gasteiger partial charge in [-0.25, -0.2) is 4.39 Å². The van der Waals surface area contributed by atoms with Gasteiger partial charge in [-0.3, -0.25) is 4.99 Å². The van der Waals surface area contributed by atoms with Gasteiger partial charge in [0.25, 0.3) is 0 Å². The van der Waals surface area contributed by atoms with E-state index in [9.17, 15) is 4.39 Å². The highest BCUT2D eigenvalue weighted by Crippen LogP contribution is 2.32. The molecule has 3 rings (SSSR count). The van der Waals surface area contributed by atoms with E-state index in [1.807, 2.05) is 18.2 Å². The molecule has 2 aromatic carbocycles. The van der Waals surface area contributed by atoms with Crippen molar-refractivity contribution in [2.24, 2.45) is 4.99 Å². The second kappa shape index (κ2) is 4.49. The van der Waals surface area contributed by atoms with Crippen LogP contribution in [-0.4, -0.2) is 13.0 Å². The SMILES string of the molecule is Fc1cccc(N=Cc2ccc3c(c2)OCO3)c1. The van der Waals surface area contributed by atoms with Crippen molar-refractivity contribution in [2.75, 3.05) is 6.79 Å². The third-order valence-electron chi connectivity index (χ3n) is 2.57. The fourth-order valence-electron chi connectivity index (χ4n) is 1.70. The van der Waals surface area contributed by atoms with Crippen molar-refractivity contribution in [3.63, 3.8) is 0 Å². The van der Waals surface area contributed by atoms with Gasteiger partial charge in [-0.2, -0.15) is 0 Å². The lowest BCUT2D eigenvalue weighted by molar-refractivity contribution is 0.174. The van der Waals surface area contributed by atoms with Gasteiger partial charge in [0, 0.05) is 6.21 Å². The third-order valence-corrected chi connectivity index (χ3v) is 2.57. The molecule has 0 atom stereocenters. The van der Waals surface area contributed by atoms with Crippen LogP contribution in [0.15, 0.2) is 47.5 Å². The predicted molar refractivity (Wildman–Crippen MR) is 66.2 cm³/mol. The number of rotatable bonds is 2. The van der Waals surface area contributed by atoms with Gasteiger partial charge in [0.15, 0.2) is 11.5 Å². The van der Waals surface area contributed by atoms with Gasteiger partial charge < -0.3 is 9.47 Å². The number of hydrogen-bond acceptors (Lipinski definition) is 3. The molecule has 4 heteroatoms. The Morgan fingerprint density at radius 2 is 1.94 bits per heavy atom. The summed E-state index contributed by atoms with van der Waals surface area (Å²) in [6.07, 6.45) is 1.66. The van der Waals surface area contributed by atoms with E-state index in [0.29, 0.717) is 11.4 Å². The minimum absolute atomic E-state index is 0.250. The summed E-state index contributed by atoms with van der Waals surface area (Å²) in [5, 5.41) is 0. The molecule has 0 aromatic heterocycles. The molecule has 0 N–H and O–H groups in total. The van der Waals surface area contributed by atoms with E-state index in [-0.39, 0.29) is 12.6 Å². The molecule has 1 aliphatic rings. The molecule has 0 aliphatic carbocycles. The third kappa shape index (κ3) is 2.18. The minimum atomic E-state index is -0.296. The summed E-state index contributed by atoms with van der Waals surface area (Å²) in [5.74, 6) is 1.14. The summed E-state index contributed by atoms with van der Waals surface area (Å²) in [6.45, 7) is 0.250. The quantitative estimate of drug-likeness (QED) is 0.757. The number of benzene rings is 2. The van der Waals surface area contributed by atoms with Gasteiger partial charge in [0.2, 0.25) is 6.79 Å². The van der Waals surface area contributed by atoms with Crippen LogP contribution >= 0.6 is 0 Å². The van der Waals surface area contributed by atoms with Crippen molar-refractivity contribution < 1.29 is 13.9 Å². The highest BCUT2D eigenvalue weighted by atomic mass is 19.1. The summed E-state index contributed by atoms with van der Waals surface area (Å²) < 4.78 is 23.4. The Morgan fingerprint density at radius 3 is 2.83 bits per heavy atom. The van der Waals surface area contributed by atoms with Crippen LogP contribution < -0.4 is 9.47 Å². The minimum Gasteiger partial charge on any atom is -0.454 e. The molecule has 90 valence electrons. The van der Waals surface area contributed by atoms with Crippen LogP contribution in [-0.2, 0) is 0 Å². The largest absolute Gasteiger partial charge is 0.454 e. The van der Waals surface area contributed by atoms with Crippen LogP contribution in [0.4, 0.5) is 10.1 Å². The lowest BCUT2D eigenvalue weighted by Crippen LogP contribution is -1.92. The van der Waals surface area contributed by atoms with E-state index in [4.69, 9.17) is 9.47 Å². The Bertz CT molecular complexity index is 610. The second-order valence-electron chi connectivity index (χ2n) is 3.85. The van der Waals surface area contributed by atoms with E-state index >= 15 is 0 Å². The maximum absolute atomic E-state index is 13.0. The first-order valence-corrected chi connectivity index (χ1v) is 5.50. The van der Waals surface area contributed by atoms with Crippen LogP contribution in [0.25, 0.3) is 0 Å². The predicted octanol–water partition coefficient (Wildman–Crippen LogP) is 3.31. The van der Waals surface area contributed by atoms with Crippen molar-refractivity contribution in [3.05, 3.63) is 53.8 Å². The second-order valence-corrected chi connectivity index (χ2v) is 3.85. The fraction of sp³-hybridized carbons (Fsp3) is 0.0714. The van der Waals surface area contributed by atoms with Crippen molar-refractivity contribution in [1.82, 2.24) is 0 Å². The lowest BCUT2D eigenvalue weighted by Gasteiger charge is -1.97. The number of fused-ring (bicyclic) bond motifs is 1. The van der Waals surface area contributed by atoms with E-state index in [2.05, 4.69) is 4.99 Å². The first-order valence-electron chi connectivity index (χ1n) is 5.50. The average molecular weight is 243 g/mol. The molecular formula is C14H10FNO2. The standard InChI is InChI=1S/C14H10FNO2/c15-11-2-1-3-12(7-11)16-8-10-4-5-13-14(6-10)18-9-17-13/h1-8H,9H2. The van der Waals surface area contributed by atoms with Gasteiger partial charge in [-0.1, -0.05) is 6.07 Å². The maximum atomic E-state index is 13.0. The molecule has 0 unspecified atom stereocenters. The summed E-state index contributed by atoms with van der Waals surface area (Å²) in [4.78, 5) is 4.20. The Balaban J connectivity index is 1.84. The van der Waals surface area contributed by atoms with Crippen molar-refractivity contribution in [3.8, 4) is 11.5 Å². The van der Waals surface area contributed by atoms with Crippen molar-refractivity contribution >= 4 is 11.9 Å². The Kier molecular flexibility index (Phi) is 2.68.